The summed E-state index contributed by atoms with van der Waals surface area (Å²) in [5.41, 5.74) is 4.16. The highest BCUT2D eigenvalue weighted by atomic mass is 19.1. The van der Waals surface area contributed by atoms with Crippen molar-refractivity contribution in [3.63, 3.8) is 0 Å². The summed E-state index contributed by atoms with van der Waals surface area (Å²) < 4.78 is 24.3. The predicted molar refractivity (Wildman–Crippen MR) is 107 cm³/mol. The SMILES string of the molecule is Fc1ccc(CN2CCc3nc(Nc4ccc5c(c4)OCCO5)ncc3C2)cc1. The summed E-state index contributed by atoms with van der Waals surface area (Å²) in [5, 5.41) is 3.25. The lowest BCUT2D eigenvalue weighted by Gasteiger charge is -2.28. The molecule has 0 saturated carbocycles. The Labute approximate surface area is 168 Å². The molecule has 2 aromatic carbocycles. The fourth-order valence-electron chi connectivity index (χ4n) is 3.67. The van der Waals surface area contributed by atoms with Gasteiger partial charge in [0, 0.05) is 49.6 Å². The smallest absolute Gasteiger partial charge is 0.227 e. The molecule has 0 aliphatic carbocycles. The van der Waals surface area contributed by atoms with E-state index in [2.05, 4.69) is 15.2 Å². The van der Waals surface area contributed by atoms with Gasteiger partial charge in [-0.25, -0.2) is 14.4 Å². The molecule has 0 saturated heterocycles. The Morgan fingerprint density at radius 2 is 1.86 bits per heavy atom. The largest absolute Gasteiger partial charge is 0.486 e. The van der Waals surface area contributed by atoms with Crippen LogP contribution < -0.4 is 14.8 Å². The molecule has 148 valence electrons. The highest BCUT2D eigenvalue weighted by Gasteiger charge is 2.19. The predicted octanol–water partition coefficient (Wildman–Crippen LogP) is 3.69. The third-order valence-electron chi connectivity index (χ3n) is 5.13. The van der Waals surface area contributed by atoms with Crippen LogP contribution in [0.5, 0.6) is 11.5 Å². The molecule has 29 heavy (non-hydrogen) atoms. The van der Waals surface area contributed by atoms with E-state index in [1.807, 2.05) is 36.5 Å². The second-order valence-electron chi connectivity index (χ2n) is 7.24. The van der Waals surface area contributed by atoms with Gasteiger partial charge in [-0.2, -0.15) is 0 Å². The van der Waals surface area contributed by atoms with Crippen LogP contribution >= 0.6 is 0 Å². The van der Waals surface area contributed by atoms with Crippen LogP contribution in [0, 0.1) is 5.82 Å². The Kier molecular flexibility index (Phi) is 4.73. The molecule has 2 aliphatic rings. The van der Waals surface area contributed by atoms with E-state index in [1.54, 1.807) is 0 Å². The van der Waals surface area contributed by atoms with E-state index in [1.165, 1.54) is 12.1 Å². The van der Waals surface area contributed by atoms with Crippen molar-refractivity contribution in [1.29, 1.82) is 0 Å². The van der Waals surface area contributed by atoms with Crippen molar-refractivity contribution in [3.05, 3.63) is 71.3 Å². The normalized spacial score (nSPS) is 15.6. The summed E-state index contributed by atoms with van der Waals surface area (Å²) in [4.78, 5) is 11.5. The Hall–Kier alpha value is -3.19. The van der Waals surface area contributed by atoms with E-state index in [0.29, 0.717) is 19.2 Å². The first-order valence-electron chi connectivity index (χ1n) is 9.71. The molecule has 6 nitrogen and oxygen atoms in total. The van der Waals surface area contributed by atoms with Crippen molar-refractivity contribution in [2.45, 2.75) is 19.5 Å². The minimum atomic E-state index is -0.204. The first-order valence-corrected chi connectivity index (χ1v) is 9.71. The Balaban J connectivity index is 1.27. The van der Waals surface area contributed by atoms with Crippen LogP contribution in [-0.2, 0) is 19.5 Å². The zero-order chi connectivity index (χ0) is 19.6. The second kappa shape index (κ2) is 7.67. The van der Waals surface area contributed by atoms with Gasteiger partial charge in [-0.15, -0.1) is 0 Å². The highest BCUT2D eigenvalue weighted by molar-refractivity contribution is 5.60. The number of fused-ring (bicyclic) bond motifs is 2. The van der Waals surface area contributed by atoms with Crippen LogP contribution in [-0.4, -0.2) is 34.6 Å². The molecule has 0 atom stereocenters. The molecule has 3 heterocycles. The molecule has 0 unspecified atom stereocenters. The number of anilines is 2. The van der Waals surface area contributed by atoms with Gasteiger partial charge in [-0.05, 0) is 29.8 Å². The monoisotopic (exact) mass is 392 g/mol. The van der Waals surface area contributed by atoms with Gasteiger partial charge in [0.05, 0.1) is 5.69 Å². The molecule has 1 aromatic heterocycles. The minimum absolute atomic E-state index is 0.204. The Morgan fingerprint density at radius 3 is 2.72 bits per heavy atom. The van der Waals surface area contributed by atoms with Gasteiger partial charge >= 0.3 is 0 Å². The van der Waals surface area contributed by atoms with E-state index in [9.17, 15) is 4.39 Å². The Morgan fingerprint density at radius 1 is 1.03 bits per heavy atom. The van der Waals surface area contributed by atoms with E-state index in [4.69, 9.17) is 14.5 Å². The number of ether oxygens (including phenoxy) is 2. The molecule has 2 aliphatic heterocycles. The van der Waals surface area contributed by atoms with Crippen molar-refractivity contribution in [2.75, 3.05) is 25.1 Å². The third-order valence-corrected chi connectivity index (χ3v) is 5.13. The minimum Gasteiger partial charge on any atom is -0.486 e. The van der Waals surface area contributed by atoms with Gasteiger partial charge in [0.2, 0.25) is 5.95 Å². The molecule has 0 amide bonds. The number of rotatable bonds is 4. The summed E-state index contributed by atoms with van der Waals surface area (Å²) in [6.45, 7) is 3.62. The summed E-state index contributed by atoms with van der Waals surface area (Å²) in [6.07, 6.45) is 2.74. The van der Waals surface area contributed by atoms with E-state index in [-0.39, 0.29) is 5.82 Å². The first kappa shape index (κ1) is 17.9. The average molecular weight is 392 g/mol. The molecule has 5 rings (SSSR count). The van der Waals surface area contributed by atoms with E-state index >= 15 is 0 Å². The molecule has 0 fully saturated rings. The van der Waals surface area contributed by atoms with Crippen LogP contribution in [0.4, 0.5) is 16.0 Å². The van der Waals surface area contributed by atoms with Crippen molar-refractivity contribution in [3.8, 4) is 11.5 Å². The van der Waals surface area contributed by atoms with Gasteiger partial charge in [0.25, 0.3) is 0 Å². The zero-order valence-electron chi connectivity index (χ0n) is 15.9. The van der Waals surface area contributed by atoms with Gasteiger partial charge in [-0.1, -0.05) is 12.1 Å². The number of hydrogen-bond donors (Lipinski definition) is 1. The fraction of sp³-hybridized carbons (Fsp3) is 0.273. The summed E-state index contributed by atoms with van der Waals surface area (Å²) >= 11 is 0. The van der Waals surface area contributed by atoms with Gasteiger partial charge < -0.3 is 14.8 Å². The average Bonchev–Trinajstić information content (AvgIpc) is 2.75. The number of nitrogens with zero attached hydrogens (tertiary/aromatic N) is 3. The summed E-state index contributed by atoms with van der Waals surface area (Å²) in [7, 11) is 0. The van der Waals surface area contributed by atoms with Crippen molar-refractivity contribution >= 4 is 11.6 Å². The van der Waals surface area contributed by atoms with Crippen LogP contribution in [0.2, 0.25) is 0 Å². The van der Waals surface area contributed by atoms with E-state index in [0.717, 1.165) is 60.1 Å². The highest BCUT2D eigenvalue weighted by Crippen LogP contribution is 2.33. The van der Waals surface area contributed by atoms with Crippen LogP contribution in [0.15, 0.2) is 48.7 Å². The Bertz CT molecular complexity index is 1030. The van der Waals surface area contributed by atoms with Gasteiger partial charge in [-0.3, -0.25) is 4.90 Å². The molecule has 3 aromatic rings. The van der Waals surface area contributed by atoms with Crippen molar-refractivity contribution < 1.29 is 13.9 Å². The standard InChI is InChI=1S/C22H21FN4O2/c23-17-3-1-15(2-4-17)13-27-8-7-19-16(14-27)12-24-22(26-19)25-18-5-6-20-21(11-18)29-10-9-28-20/h1-6,11-12H,7-10,13-14H2,(H,24,25,26). The molecule has 0 radical (unpaired) electrons. The summed E-state index contributed by atoms with van der Waals surface area (Å²) in [6, 6.07) is 12.4. The molecular weight excluding hydrogens is 371 g/mol. The number of hydrogen-bond acceptors (Lipinski definition) is 6. The number of halogens is 1. The molecule has 7 heteroatoms. The second-order valence-corrected chi connectivity index (χ2v) is 7.24. The molecule has 0 bridgehead atoms. The molecular formula is C22H21FN4O2. The topological polar surface area (TPSA) is 59.5 Å². The molecule has 1 N–H and O–H groups in total. The number of benzene rings is 2. The van der Waals surface area contributed by atoms with Crippen LogP contribution in [0.25, 0.3) is 0 Å². The summed E-state index contributed by atoms with van der Waals surface area (Å²) in [5.74, 6) is 1.86. The van der Waals surface area contributed by atoms with Crippen molar-refractivity contribution in [1.82, 2.24) is 14.9 Å². The zero-order valence-corrected chi connectivity index (χ0v) is 15.9. The maximum Gasteiger partial charge on any atom is 0.227 e. The lowest BCUT2D eigenvalue weighted by atomic mass is 10.1. The van der Waals surface area contributed by atoms with Gasteiger partial charge in [0.15, 0.2) is 11.5 Å². The lowest BCUT2D eigenvalue weighted by molar-refractivity contribution is 0.171. The third kappa shape index (κ3) is 4.00. The maximum absolute atomic E-state index is 13.1. The van der Waals surface area contributed by atoms with Crippen LogP contribution in [0.1, 0.15) is 16.8 Å². The lowest BCUT2D eigenvalue weighted by Crippen LogP contribution is -2.31. The van der Waals surface area contributed by atoms with Gasteiger partial charge in [0.1, 0.15) is 19.0 Å². The van der Waals surface area contributed by atoms with Crippen molar-refractivity contribution in [2.24, 2.45) is 0 Å². The maximum atomic E-state index is 13.1. The van der Waals surface area contributed by atoms with E-state index < -0.39 is 0 Å². The van der Waals surface area contributed by atoms with Crippen LogP contribution in [0.3, 0.4) is 0 Å². The number of aromatic nitrogens is 2. The quantitative estimate of drug-likeness (QED) is 0.731. The number of nitrogens with one attached hydrogen (secondary N) is 1. The fourth-order valence-corrected chi connectivity index (χ4v) is 3.67. The molecule has 0 spiro atoms. The first-order chi connectivity index (χ1) is 14.2.